The van der Waals surface area contributed by atoms with Crippen LogP contribution in [0.1, 0.15) is 38.0 Å². The monoisotopic (exact) mass is 336 g/mol. The molecule has 9 heteroatoms. The topological polar surface area (TPSA) is 115 Å². The van der Waals surface area contributed by atoms with Gasteiger partial charge in [-0.25, -0.2) is 4.98 Å². The van der Waals surface area contributed by atoms with Crippen LogP contribution in [0.15, 0.2) is 18.7 Å². The van der Waals surface area contributed by atoms with Gasteiger partial charge < -0.3 is 19.6 Å². The van der Waals surface area contributed by atoms with Gasteiger partial charge in [0.15, 0.2) is 0 Å². The average molecular weight is 336 g/mol. The van der Waals surface area contributed by atoms with Crippen molar-refractivity contribution in [2.45, 2.75) is 32.7 Å². The maximum absolute atomic E-state index is 12.2. The normalized spacial score (nSPS) is 11.5. The summed E-state index contributed by atoms with van der Waals surface area (Å²) in [6, 6.07) is -0.0861. The first-order valence-electron chi connectivity index (χ1n) is 7.58. The zero-order chi connectivity index (χ0) is 18.1. The van der Waals surface area contributed by atoms with E-state index < -0.39 is 0 Å². The summed E-state index contributed by atoms with van der Waals surface area (Å²) in [7, 11) is 3.81. The van der Waals surface area contributed by atoms with Gasteiger partial charge in [0, 0.05) is 39.3 Å². The highest BCUT2D eigenvalue weighted by atomic mass is 16.3. The minimum atomic E-state index is -0.250. The molecule has 0 saturated carbocycles. The van der Waals surface area contributed by atoms with Gasteiger partial charge in [-0.3, -0.25) is 9.59 Å². The van der Waals surface area contributed by atoms with Crippen LogP contribution in [0.3, 0.4) is 0 Å². The molecule has 0 saturated heterocycles. The van der Waals surface area contributed by atoms with E-state index >= 15 is 0 Å². The molecule has 2 aromatic heterocycles. The Kier molecular flexibility index (Phi) is 7.60. The van der Waals surface area contributed by atoms with Crippen molar-refractivity contribution in [1.82, 2.24) is 29.6 Å². The van der Waals surface area contributed by atoms with E-state index in [1.807, 2.05) is 29.4 Å². The molecule has 2 aromatic rings. The molecule has 0 fully saturated rings. The summed E-state index contributed by atoms with van der Waals surface area (Å²) in [5.74, 6) is 1.95. The first kappa shape index (κ1) is 19.3. The SMILES string of the molecule is CC(C)C(NC(=O)CCc1nncn1C)c1nccn1C.O=CO. The molecule has 0 aliphatic heterocycles. The van der Waals surface area contributed by atoms with Crippen molar-refractivity contribution in [2.75, 3.05) is 0 Å². The number of carbonyl (C=O) groups is 2. The predicted octanol–water partition coefficient (Wildman–Crippen LogP) is 0.696. The molecule has 1 unspecified atom stereocenters. The van der Waals surface area contributed by atoms with Crippen molar-refractivity contribution in [2.24, 2.45) is 20.0 Å². The molecule has 2 N–H and O–H groups in total. The molecule has 24 heavy (non-hydrogen) atoms. The van der Waals surface area contributed by atoms with Crippen molar-refractivity contribution in [1.29, 1.82) is 0 Å². The molecule has 0 bridgehead atoms. The largest absolute Gasteiger partial charge is 0.483 e. The highest BCUT2D eigenvalue weighted by molar-refractivity contribution is 5.76. The van der Waals surface area contributed by atoms with Crippen LogP contribution in [0.5, 0.6) is 0 Å². The highest BCUT2D eigenvalue weighted by Gasteiger charge is 2.21. The van der Waals surface area contributed by atoms with Gasteiger partial charge in [0.25, 0.3) is 6.47 Å². The van der Waals surface area contributed by atoms with E-state index in [0.717, 1.165) is 11.6 Å². The van der Waals surface area contributed by atoms with E-state index in [2.05, 4.69) is 34.3 Å². The fraction of sp³-hybridized carbons (Fsp3) is 0.533. The van der Waals surface area contributed by atoms with Gasteiger partial charge in [0.1, 0.15) is 18.0 Å². The highest BCUT2D eigenvalue weighted by Crippen LogP contribution is 2.19. The zero-order valence-electron chi connectivity index (χ0n) is 14.4. The number of imidazole rings is 1. The second kappa shape index (κ2) is 9.43. The van der Waals surface area contributed by atoms with Gasteiger partial charge in [-0.15, -0.1) is 10.2 Å². The molecule has 0 aliphatic rings. The summed E-state index contributed by atoms with van der Waals surface area (Å²) in [5.41, 5.74) is 0. The second-order valence-electron chi connectivity index (χ2n) is 5.65. The van der Waals surface area contributed by atoms with Gasteiger partial charge >= 0.3 is 0 Å². The maximum Gasteiger partial charge on any atom is 0.290 e. The quantitative estimate of drug-likeness (QED) is 0.750. The molecule has 0 radical (unpaired) electrons. The molecule has 2 heterocycles. The standard InChI is InChI=1S/C14H22N6O.CH2O2/c1-10(2)13(14-15-7-8-19(14)3)17-12(21)6-5-11-18-16-9-20(11)4;2-1-3/h7-10,13H,5-6H2,1-4H3,(H,17,21);1H,(H,2,3). The minimum Gasteiger partial charge on any atom is -0.483 e. The molecule has 0 aliphatic carbocycles. The average Bonchev–Trinajstić information content (AvgIpc) is 3.12. The summed E-state index contributed by atoms with van der Waals surface area (Å²) in [6.07, 6.45) is 6.23. The van der Waals surface area contributed by atoms with E-state index in [4.69, 9.17) is 9.90 Å². The molecule has 1 atom stereocenters. The van der Waals surface area contributed by atoms with Gasteiger partial charge in [-0.2, -0.15) is 0 Å². The van der Waals surface area contributed by atoms with Crippen molar-refractivity contribution < 1.29 is 14.7 Å². The summed E-state index contributed by atoms with van der Waals surface area (Å²) in [4.78, 5) is 24.9. The fourth-order valence-corrected chi connectivity index (χ4v) is 2.21. The zero-order valence-corrected chi connectivity index (χ0v) is 14.4. The number of hydrogen-bond acceptors (Lipinski definition) is 5. The number of aromatic nitrogens is 5. The van der Waals surface area contributed by atoms with Crippen LogP contribution in [-0.2, 0) is 30.1 Å². The fourth-order valence-electron chi connectivity index (χ4n) is 2.21. The summed E-state index contributed by atoms with van der Waals surface area (Å²) in [5, 5.41) is 17.7. The van der Waals surface area contributed by atoms with E-state index in [1.165, 1.54) is 0 Å². The van der Waals surface area contributed by atoms with Crippen molar-refractivity contribution >= 4 is 12.4 Å². The number of hydrogen-bond donors (Lipinski definition) is 2. The third-order valence-electron chi connectivity index (χ3n) is 3.50. The molecule has 0 spiro atoms. The molecule has 132 valence electrons. The van der Waals surface area contributed by atoms with E-state index in [1.54, 1.807) is 12.5 Å². The smallest absolute Gasteiger partial charge is 0.290 e. The van der Waals surface area contributed by atoms with Crippen LogP contribution in [0.25, 0.3) is 0 Å². The summed E-state index contributed by atoms with van der Waals surface area (Å²) < 4.78 is 3.76. The Labute approximate surface area is 140 Å². The number of nitrogens with zero attached hydrogens (tertiary/aromatic N) is 5. The maximum atomic E-state index is 12.2. The predicted molar refractivity (Wildman–Crippen MR) is 86.9 cm³/mol. The Morgan fingerprint density at radius 2 is 2.04 bits per heavy atom. The van der Waals surface area contributed by atoms with Gasteiger partial charge in [-0.1, -0.05) is 13.8 Å². The molecule has 0 aromatic carbocycles. The Morgan fingerprint density at radius 3 is 2.50 bits per heavy atom. The van der Waals surface area contributed by atoms with E-state index in [0.29, 0.717) is 12.8 Å². The second-order valence-corrected chi connectivity index (χ2v) is 5.65. The van der Waals surface area contributed by atoms with Crippen molar-refractivity contribution in [3.63, 3.8) is 0 Å². The third-order valence-corrected chi connectivity index (χ3v) is 3.50. The first-order chi connectivity index (χ1) is 11.4. The van der Waals surface area contributed by atoms with Gasteiger partial charge in [-0.05, 0) is 5.92 Å². The van der Waals surface area contributed by atoms with E-state index in [9.17, 15) is 4.79 Å². The van der Waals surface area contributed by atoms with Crippen LogP contribution < -0.4 is 5.32 Å². The van der Waals surface area contributed by atoms with E-state index in [-0.39, 0.29) is 24.3 Å². The third kappa shape index (κ3) is 5.49. The Balaban J connectivity index is 0.000000891. The van der Waals surface area contributed by atoms with Gasteiger partial charge in [0.05, 0.1) is 6.04 Å². The Bertz CT molecular complexity index is 649. The lowest BCUT2D eigenvalue weighted by Crippen LogP contribution is -2.33. The van der Waals surface area contributed by atoms with Crippen LogP contribution in [0.2, 0.25) is 0 Å². The molecule has 1 amide bonds. The lowest BCUT2D eigenvalue weighted by atomic mass is 10.0. The van der Waals surface area contributed by atoms with Crippen molar-refractivity contribution in [3.05, 3.63) is 30.4 Å². The molecule has 9 nitrogen and oxygen atoms in total. The Hall–Kier alpha value is -2.71. The number of rotatable bonds is 6. The van der Waals surface area contributed by atoms with Crippen LogP contribution in [0.4, 0.5) is 0 Å². The first-order valence-corrected chi connectivity index (χ1v) is 7.58. The lowest BCUT2D eigenvalue weighted by molar-refractivity contribution is -0.123. The minimum absolute atomic E-state index is 0.000278. The summed E-state index contributed by atoms with van der Waals surface area (Å²) in [6.45, 7) is 3.89. The van der Waals surface area contributed by atoms with Crippen molar-refractivity contribution in [3.8, 4) is 0 Å². The number of carboxylic acid groups (broad SMARTS) is 1. The number of amides is 1. The summed E-state index contributed by atoms with van der Waals surface area (Å²) >= 11 is 0. The number of nitrogens with one attached hydrogen (secondary N) is 1. The molecular formula is C15H24N6O3. The van der Waals surface area contributed by atoms with Crippen LogP contribution in [-0.4, -0.2) is 41.8 Å². The number of carbonyl (C=O) groups excluding carboxylic acids is 1. The van der Waals surface area contributed by atoms with Crippen LogP contribution in [0, 0.1) is 5.92 Å². The molecule has 2 rings (SSSR count). The van der Waals surface area contributed by atoms with Crippen LogP contribution >= 0.6 is 0 Å². The van der Waals surface area contributed by atoms with Gasteiger partial charge in [0.2, 0.25) is 5.91 Å². The Morgan fingerprint density at radius 1 is 1.38 bits per heavy atom. The molecular weight excluding hydrogens is 312 g/mol. The number of aryl methyl sites for hydroxylation is 3. The lowest BCUT2D eigenvalue weighted by Gasteiger charge is -2.22.